The summed E-state index contributed by atoms with van der Waals surface area (Å²) in [5.74, 6) is 0.700. The fourth-order valence-corrected chi connectivity index (χ4v) is 4.25. The fourth-order valence-electron chi connectivity index (χ4n) is 3.98. The minimum Gasteiger partial charge on any atom is -0.340 e. The van der Waals surface area contributed by atoms with Gasteiger partial charge in [-0.1, -0.05) is 34.5 Å². The average molecular weight is 467 g/mol. The molecule has 26 heavy (non-hydrogen) atoms. The second-order valence-electron chi connectivity index (χ2n) is 7.20. The van der Waals surface area contributed by atoms with E-state index in [-0.39, 0.29) is 30.9 Å². The van der Waals surface area contributed by atoms with Crippen molar-refractivity contribution in [3.05, 3.63) is 34.3 Å². The van der Waals surface area contributed by atoms with Crippen LogP contribution in [-0.2, 0) is 4.79 Å². The van der Waals surface area contributed by atoms with Gasteiger partial charge in [0.15, 0.2) is 0 Å². The molecule has 0 bridgehead atoms. The molecule has 3 atom stereocenters. The van der Waals surface area contributed by atoms with Crippen molar-refractivity contribution in [3.63, 3.8) is 0 Å². The molecule has 4 nitrogen and oxygen atoms in total. The van der Waals surface area contributed by atoms with Crippen LogP contribution in [0.4, 0.5) is 0 Å². The number of benzene rings is 1. The van der Waals surface area contributed by atoms with Crippen molar-refractivity contribution in [2.45, 2.75) is 44.7 Å². The van der Waals surface area contributed by atoms with Gasteiger partial charge < -0.3 is 10.6 Å². The number of nitrogens with two attached hydrogens (primary N) is 1. The van der Waals surface area contributed by atoms with E-state index in [1.54, 1.807) is 0 Å². The van der Waals surface area contributed by atoms with Gasteiger partial charge in [-0.25, -0.2) is 0 Å². The van der Waals surface area contributed by atoms with Crippen molar-refractivity contribution in [2.75, 3.05) is 26.2 Å². The third-order valence-corrected chi connectivity index (χ3v) is 6.25. The minimum absolute atomic E-state index is 0. The molecular formula is C19H30BrCl2N3O. The van der Waals surface area contributed by atoms with Crippen LogP contribution in [0.1, 0.15) is 44.2 Å². The molecule has 1 aliphatic heterocycles. The zero-order valence-corrected chi connectivity index (χ0v) is 18.5. The third-order valence-electron chi connectivity index (χ3n) is 5.72. The standard InChI is InChI=1S/C19H28BrN3O.2ClH/c1-14(15-5-7-17(20)8-6-15)22-9-11-23(12-10-22)19(24)13-16-3-2-4-18(16)21;;/h5-8,14,16,18H,2-4,9-13,21H2,1H3;2*1H/t14?,16-,18+;;/m0../s1. The van der Waals surface area contributed by atoms with E-state index in [1.165, 1.54) is 12.0 Å². The summed E-state index contributed by atoms with van der Waals surface area (Å²) in [4.78, 5) is 17.0. The second-order valence-corrected chi connectivity index (χ2v) is 8.12. The Morgan fingerprint density at radius 2 is 1.77 bits per heavy atom. The Balaban J connectivity index is 0.00000169. The van der Waals surface area contributed by atoms with Gasteiger partial charge in [-0.3, -0.25) is 9.69 Å². The van der Waals surface area contributed by atoms with Crippen molar-refractivity contribution >= 4 is 46.7 Å². The van der Waals surface area contributed by atoms with Gasteiger partial charge in [0.05, 0.1) is 0 Å². The monoisotopic (exact) mass is 465 g/mol. The Morgan fingerprint density at radius 3 is 2.31 bits per heavy atom. The van der Waals surface area contributed by atoms with Crippen LogP contribution >= 0.6 is 40.7 Å². The Hall–Kier alpha value is -0.330. The third kappa shape index (κ3) is 5.83. The number of rotatable bonds is 4. The Bertz CT molecular complexity index is 564. The molecule has 0 radical (unpaired) electrons. The van der Waals surface area contributed by atoms with Crippen molar-refractivity contribution in [1.82, 2.24) is 9.80 Å². The van der Waals surface area contributed by atoms with Gasteiger partial charge in [0.2, 0.25) is 5.91 Å². The second kappa shape index (κ2) is 10.9. The highest BCUT2D eigenvalue weighted by Crippen LogP contribution is 2.28. The molecule has 7 heteroatoms. The minimum atomic E-state index is 0. The molecule has 2 aliphatic rings. The van der Waals surface area contributed by atoms with Gasteiger partial charge in [-0.05, 0) is 43.4 Å². The van der Waals surface area contributed by atoms with E-state index in [0.717, 1.165) is 43.5 Å². The highest BCUT2D eigenvalue weighted by atomic mass is 79.9. The zero-order valence-electron chi connectivity index (χ0n) is 15.3. The highest BCUT2D eigenvalue weighted by Gasteiger charge is 2.30. The predicted octanol–water partition coefficient (Wildman–Crippen LogP) is 4.02. The molecule has 148 valence electrons. The number of nitrogens with zero attached hydrogens (tertiary/aromatic N) is 2. The molecule has 3 rings (SSSR count). The molecule has 1 saturated carbocycles. The maximum Gasteiger partial charge on any atom is 0.222 e. The molecule has 1 aromatic carbocycles. The summed E-state index contributed by atoms with van der Waals surface area (Å²) in [7, 11) is 0. The van der Waals surface area contributed by atoms with Crippen LogP contribution in [0.25, 0.3) is 0 Å². The summed E-state index contributed by atoms with van der Waals surface area (Å²) in [5.41, 5.74) is 7.44. The van der Waals surface area contributed by atoms with Gasteiger partial charge in [0.25, 0.3) is 0 Å². The van der Waals surface area contributed by atoms with Crippen LogP contribution in [-0.4, -0.2) is 47.9 Å². The molecule has 0 spiro atoms. The van der Waals surface area contributed by atoms with E-state index < -0.39 is 0 Å². The first-order valence-corrected chi connectivity index (χ1v) is 9.87. The predicted molar refractivity (Wildman–Crippen MR) is 115 cm³/mol. The lowest BCUT2D eigenvalue weighted by molar-refractivity contribution is -0.134. The topological polar surface area (TPSA) is 49.6 Å². The van der Waals surface area contributed by atoms with Gasteiger partial charge in [-0.15, -0.1) is 24.8 Å². The molecule has 0 aromatic heterocycles. The molecule has 1 heterocycles. The Labute approximate surface area is 177 Å². The normalized spacial score (nSPS) is 24.5. The first kappa shape index (κ1) is 23.7. The number of amides is 1. The molecule has 2 fully saturated rings. The van der Waals surface area contributed by atoms with E-state index >= 15 is 0 Å². The molecule has 1 unspecified atom stereocenters. The molecular weight excluding hydrogens is 437 g/mol. The summed E-state index contributed by atoms with van der Waals surface area (Å²) >= 11 is 3.49. The van der Waals surface area contributed by atoms with Crippen molar-refractivity contribution < 1.29 is 4.79 Å². The van der Waals surface area contributed by atoms with Gasteiger partial charge in [0.1, 0.15) is 0 Å². The Kier molecular flexibility index (Phi) is 9.91. The fraction of sp³-hybridized carbons (Fsp3) is 0.632. The van der Waals surface area contributed by atoms with Crippen LogP contribution in [0, 0.1) is 5.92 Å². The van der Waals surface area contributed by atoms with E-state index in [9.17, 15) is 4.79 Å². The lowest BCUT2D eigenvalue weighted by Gasteiger charge is -2.38. The van der Waals surface area contributed by atoms with Gasteiger partial charge >= 0.3 is 0 Å². The van der Waals surface area contributed by atoms with Crippen LogP contribution in [0.15, 0.2) is 28.7 Å². The maximum atomic E-state index is 12.5. The molecule has 2 N–H and O–H groups in total. The largest absolute Gasteiger partial charge is 0.340 e. The van der Waals surface area contributed by atoms with E-state index in [0.29, 0.717) is 24.3 Å². The molecule has 1 saturated heterocycles. The Morgan fingerprint density at radius 1 is 1.15 bits per heavy atom. The van der Waals surface area contributed by atoms with Gasteiger partial charge in [0, 0.05) is 49.2 Å². The first-order valence-electron chi connectivity index (χ1n) is 9.07. The number of halogens is 3. The summed E-state index contributed by atoms with van der Waals surface area (Å²) in [6.45, 7) is 5.81. The number of carbonyl (C=O) groups is 1. The zero-order chi connectivity index (χ0) is 17.1. The number of piperazine rings is 1. The molecule has 1 aliphatic carbocycles. The van der Waals surface area contributed by atoms with Crippen molar-refractivity contribution in [2.24, 2.45) is 11.7 Å². The lowest BCUT2D eigenvalue weighted by Crippen LogP contribution is -2.49. The van der Waals surface area contributed by atoms with E-state index in [1.807, 2.05) is 4.90 Å². The molecule has 1 aromatic rings. The summed E-state index contributed by atoms with van der Waals surface area (Å²) in [5, 5.41) is 0. The van der Waals surface area contributed by atoms with Gasteiger partial charge in [-0.2, -0.15) is 0 Å². The van der Waals surface area contributed by atoms with Crippen LogP contribution in [0.3, 0.4) is 0 Å². The van der Waals surface area contributed by atoms with Crippen LogP contribution < -0.4 is 5.73 Å². The maximum absolute atomic E-state index is 12.5. The summed E-state index contributed by atoms with van der Waals surface area (Å²) in [6.07, 6.45) is 4.02. The van der Waals surface area contributed by atoms with Crippen LogP contribution in [0.5, 0.6) is 0 Å². The lowest BCUT2D eigenvalue weighted by atomic mass is 9.99. The number of hydrogen-bond donors (Lipinski definition) is 1. The molecule has 1 amide bonds. The highest BCUT2D eigenvalue weighted by molar-refractivity contribution is 9.10. The first-order chi connectivity index (χ1) is 11.5. The summed E-state index contributed by atoms with van der Waals surface area (Å²) < 4.78 is 1.11. The number of carbonyl (C=O) groups excluding carboxylic acids is 1. The SMILES string of the molecule is CC(c1ccc(Br)cc1)N1CCN(C(=O)C[C@@H]2CCC[C@H]2N)CC1.Cl.Cl. The smallest absolute Gasteiger partial charge is 0.222 e. The van der Waals surface area contributed by atoms with E-state index in [2.05, 4.69) is 52.0 Å². The summed E-state index contributed by atoms with van der Waals surface area (Å²) in [6, 6.07) is 9.15. The van der Waals surface area contributed by atoms with Crippen LogP contribution in [0.2, 0.25) is 0 Å². The quantitative estimate of drug-likeness (QED) is 0.728. The average Bonchev–Trinajstić information content (AvgIpc) is 3.00. The number of hydrogen-bond acceptors (Lipinski definition) is 3. The van der Waals surface area contributed by atoms with Crippen molar-refractivity contribution in [1.29, 1.82) is 0 Å². The van der Waals surface area contributed by atoms with E-state index in [4.69, 9.17) is 5.73 Å². The van der Waals surface area contributed by atoms with Crippen molar-refractivity contribution in [3.8, 4) is 0 Å².